The third-order valence-electron chi connectivity index (χ3n) is 4.02. The largest absolute Gasteiger partial charge is 0.481 e. The Hall–Kier alpha value is -1.30. The Morgan fingerprint density at radius 2 is 1.81 bits per heavy atom. The van der Waals surface area contributed by atoms with Gasteiger partial charge in [-0.2, -0.15) is 0 Å². The fraction of sp³-hybridized carbons (Fsp3) is 0.867. The number of hydrogen-bond acceptors (Lipinski definition) is 3. The van der Waals surface area contributed by atoms with E-state index in [9.17, 15) is 9.59 Å². The van der Waals surface area contributed by atoms with Crippen LogP contribution in [0.25, 0.3) is 0 Å². The molecule has 3 N–H and O–H groups in total. The van der Waals surface area contributed by atoms with E-state index in [0.29, 0.717) is 25.6 Å². The van der Waals surface area contributed by atoms with E-state index in [1.165, 1.54) is 12.8 Å². The van der Waals surface area contributed by atoms with Crippen molar-refractivity contribution in [3.63, 3.8) is 0 Å². The van der Waals surface area contributed by atoms with Crippen LogP contribution in [-0.2, 0) is 4.79 Å². The molecule has 0 saturated heterocycles. The summed E-state index contributed by atoms with van der Waals surface area (Å²) in [4.78, 5) is 24.5. The molecule has 2 amide bonds. The van der Waals surface area contributed by atoms with Gasteiger partial charge in [-0.25, -0.2) is 4.79 Å². The maximum atomic E-state index is 11.6. The molecule has 0 atom stereocenters. The van der Waals surface area contributed by atoms with Crippen LogP contribution in [0.3, 0.4) is 0 Å². The Bertz CT molecular complexity index is 354. The monoisotopic (exact) mass is 299 g/mol. The normalized spacial score (nSPS) is 15.0. The molecule has 122 valence electrons. The molecule has 1 aliphatic carbocycles. The second-order valence-corrected chi connectivity index (χ2v) is 6.70. The molecule has 0 aliphatic heterocycles. The molecule has 21 heavy (non-hydrogen) atoms. The summed E-state index contributed by atoms with van der Waals surface area (Å²) in [6.45, 7) is 6.15. The maximum absolute atomic E-state index is 11.6. The SMILES string of the molecule is CN(CCNC(=O)NCCC(C)(C)CCC(=O)O)C1CC1. The van der Waals surface area contributed by atoms with Crippen LogP contribution >= 0.6 is 0 Å². The average molecular weight is 299 g/mol. The molecule has 0 aromatic heterocycles. The van der Waals surface area contributed by atoms with Crippen molar-refractivity contribution in [1.82, 2.24) is 15.5 Å². The minimum absolute atomic E-state index is 0.0716. The molecule has 0 heterocycles. The van der Waals surface area contributed by atoms with Gasteiger partial charge in [-0.05, 0) is 38.1 Å². The zero-order chi connectivity index (χ0) is 15.9. The summed E-state index contributed by atoms with van der Waals surface area (Å²) >= 11 is 0. The number of urea groups is 1. The highest BCUT2D eigenvalue weighted by molar-refractivity contribution is 5.73. The van der Waals surface area contributed by atoms with Gasteiger partial charge in [0.2, 0.25) is 0 Å². The number of amides is 2. The van der Waals surface area contributed by atoms with Gasteiger partial charge in [0.05, 0.1) is 0 Å². The highest BCUT2D eigenvalue weighted by Gasteiger charge is 2.25. The van der Waals surface area contributed by atoms with E-state index in [-0.39, 0.29) is 17.9 Å². The number of hydrogen-bond donors (Lipinski definition) is 3. The van der Waals surface area contributed by atoms with Crippen molar-refractivity contribution < 1.29 is 14.7 Å². The van der Waals surface area contributed by atoms with Crippen LogP contribution in [0.1, 0.15) is 46.0 Å². The summed E-state index contributed by atoms with van der Waals surface area (Å²) < 4.78 is 0. The molecule has 0 aromatic carbocycles. The van der Waals surface area contributed by atoms with Crippen molar-refractivity contribution in [3.8, 4) is 0 Å². The van der Waals surface area contributed by atoms with E-state index in [1.54, 1.807) is 0 Å². The number of likely N-dealkylation sites (N-methyl/N-ethyl adjacent to an activating group) is 1. The lowest BCUT2D eigenvalue weighted by molar-refractivity contribution is -0.137. The van der Waals surface area contributed by atoms with Gasteiger partial charge < -0.3 is 20.6 Å². The number of rotatable bonds is 10. The zero-order valence-corrected chi connectivity index (χ0v) is 13.4. The standard InChI is InChI=1S/C15H29N3O3/c1-15(2,7-6-13(19)20)8-9-16-14(21)17-10-11-18(3)12-4-5-12/h12H,4-11H2,1-3H3,(H,19,20)(H2,16,17,21). The first-order valence-electron chi connectivity index (χ1n) is 7.74. The number of nitrogens with zero attached hydrogens (tertiary/aromatic N) is 1. The molecule has 1 rings (SSSR count). The lowest BCUT2D eigenvalue weighted by Gasteiger charge is -2.24. The summed E-state index contributed by atoms with van der Waals surface area (Å²) in [6, 6.07) is 0.568. The molecule has 0 unspecified atom stereocenters. The average Bonchev–Trinajstić information content (AvgIpc) is 3.20. The molecule has 1 saturated carbocycles. The lowest BCUT2D eigenvalue weighted by atomic mass is 9.84. The predicted molar refractivity (Wildman–Crippen MR) is 82.3 cm³/mol. The molecular weight excluding hydrogens is 270 g/mol. The van der Waals surface area contributed by atoms with E-state index >= 15 is 0 Å². The van der Waals surface area contributed by atoms with Crippen molar-refractivity contribution in [3.05, 3.63) is 0 Å². The molecule has 0 spiro atoms. The number of carbonyl (C=O) groups is 2. The Labute approximate surface area is 127 Å². The third-order valence-corrected chi connectivity index (χ3v) is 4.02. The van der Waals surface area contributed by atoms with Crippen LogP contribution in [0.15, 0.2) is 0 Å². The fourth-order valence-corrected chi connectivity index (χ4v) is 2.19. The Morgan fingerprint density at radius 3 is 2.38 bits per heavy atom. The molecule has 0 bridgehead atoms. The van der Waals surface area contributed by atoms with Crippen molar-refractivity contribution in [2.24, 2.45) is 5.41 Å². The molecule has 0 radical (unpaired) electrons. The Morgan fingerprint density at radius 1 is 1.19 bits per heavy atom. The molecular formula is C15H29N3O3. The van der Waals surface area contributed by atoms with Gasteiger partial charge in [-0.1, -0.05) is 13.8 Å². The van der Waals surface area contributed by atoms with Crippen LogP contribution in [0.5, 0.6) is 0 Å². The van der Waals surface area contributed by atoms with Crippen molar-refractivity contribution >= 4 is 12.0 Å². The first kappa shape index (κ1) is 17.8. The second-order valence-electron chi connectivity index (χ2n) is 6.70. The fourth-order valence-electron chi connectivity index (χ4n) is 2.19. The maximum Gasteiger partial charge on any atom is 0.314 e. The third kappa shape index (κ3) is 8.55. The Balaban J connectivity index is 2.04. The number of carboxylic acids is 1. The zero-order valence-electron chi connectivity index (χ0n) is 13.4. The predicted octanol–water partition coefficient (Wildman–Crippen LogP) is 1.66. The van der Waals surface area contributed by atoms with Gasteiger partial charge in [0.15, 0.2) is 0 Å². The smallest absolute Gasteiger partial charge is 0.314 e. The van der Waals surface area contributed by atoms with Gasteiger partial charge >= 0.3 is 12.0 Å². The number of carboxylic acid groups (broad SMARTS) is 1. The van der Waals surface area contributed by atoms with E-state index in [4.69, 9.17) is 5.11 Å². The molecule has 1 aliphatic rings. The van der Waals surface area contributed by atoms with Crippen molar-refractivity contribution in [1.29, 1.82) is 0 Å². The quantitative estimate of drug-likeness (QED) is 0.573. The number of nitrogens with one attached hydrogen (secondary N) is 2. The van der Waals surface area contributed by atoms with Gasteiger partial charge in [0, 0.05) is 32.1 Å². The van der Waals surface area contributed by atoms with Crippen molar-refractivity contribution in [2.45, 2.75) is 52.0 Å². The minimum Gasteiger partial charge on any atom is -0.481 e. The minimum atomic E-state index is -0.770. The van der Waals surface area contributed by atoms with Crippen LogP contribution < -0.4 is 10.6 Å². The summed E-state index contributed by atoms with van der Waals surface area (Å²) in [5, 5.41) is 14.4. The topological polar surface area (TPSA) is 81.7 Å². The Kier molecular flexibility index (Phi) is 6.95. The van der Waals surface area contributed by atoms with Gasteiger partial charge in [0.25, 0.3) is 0 Å². The van der Waals surface area contributed by atoms with E-state index in [2.05, 4.69) is 22.6 Å². The molecule has 6 heteroatoms. The second kappa shape index (κ2) is 8.22. The van der Waals surface area contributed by atoms with Gasteiger partial charge in [-0.3, -0.25) is 4.79 Å². The van der Waals surface area contributed by atoms with Crippen LogP contribution in [0.2, 0.25) is 0 Å². The first-order valence-corrected chi connectivity index (χ1v) is 7.74. The number of carbonyl (C=O) groups excluding carboxylic acids is 1. The molecule has 0 aromatic rings. The van der Waals surface area contributed by atoms with E-state index < -0.39 is 5.97 Å². The van der Waals surface area contributed by atoms with Gasteiger partial charge in [0.1, 0.15) is 0 Å². The van der Waals surface area contributed by atoms with Gasteiger partial charge in [-0.15, -0.1) is 0 Å². The number of aliphatic carboxylic acids is 1. The molecule has 1 fully saturated rings. The molecule has 6 nitrogen and oxygen atoms in total. The lowest BCUT2D eigenvalue weighted by Crippen LogP contribution is -2.41. The van der Waals surface area contributed by atoms with Crippen LogP contribution in [0, 0.1) is 5.41 Å². The summed E-state index contributed by atoms with van der Waals surface area (Å²) in [6.07, 6.45) is 4.11. The van der Waals surface area contributed by atoms with Crippen molar-refractivity contribution in [2.75, 3.05) is 26.7 Å². The van der Waals surface area contributed by atoms with E-state index in [1.807, 2.05) is 13.8 Å². The summed E-state index contributed by atoms with van der Waals surface area (Å²) in [7, 11) is 2.09. The highest BCUT2D eigenvalue weighted by Crippen LogP contribution is 2.26. The summed E-state index contributed by atoms with van der Waals surface area (Å²) in [5.74, 6) is -0.770. The van der Waals surface area contributed by atoms with Crippen LogP contribution in [0.4, 0.5) is 4.79 Å². The van der Waals surface area contributed by atoms with E-state index in [0.717, 1.165) is 13.0 Å². The van der Waals surface area contributed by atoms with Crippen LogP contribution in [-0.4, -0.2) is 54.7 Å². The highest BCUT2D eigenvalue weighted by atomic mass is 16.4. The summed E-state index contributed by atoms with van der Waals surface area (Å²) in [5.41, 5.74) is -0.0716. The first-order chi connectivity index (χ1) is 9.80.